The summed E-state index contributed by atoms with van der Waals surface area (Å²) in [5.41, 5.74) is 9.36. The van der Waals surface area contributed by atoms with Gasteiger partial charge >= 0.3 is 6.03 Å². The number of carbonyl (C=O) groups excluding carboxylic acids is 3. The molecule has 24 heavy (non-hydrogen) atoms. The number of nitrogens with zero attached hydrogens (tertiary/aromatic N) is 1. The van der Waals surface area contributed by atoms with E-state index < -0.39 is 18.0 Å². The fourth-order valence-corrected chi connectivity index (χ4v) is 2.13. The molecule has 0 aliphatic carbocycles. The molecule has 0 spiro atoms. The van der Waals surface area contributed by atoms with Crippen LogP contribution in [0.5, 0.6) is 0 Å². The van der Waals surface area contributed by atoms with Gasteiger partial charge in [-0.3, -0.25) is 20.3 Å². The van der Waals surface area contributed by atoms with Crippen LogP contribution in [0.25, 0.3) is 0 Å². The molecule has 1 heterocycles. The number of hydrazone groups is 1. The fourth-order valence-electron chi connectivity index (χ4n) is 2.13. The molecule has 1 saturated heterocycles. The molecule has 0 radical (unpaired) electrons. The highest BCUT2D eigenvalue weighted by Crippen LogP contribution is 2.13. The van der Waals surface area contributed by atoms with Gasteiger partial charge in [0.1, 0.15) is 6.04 Å². The van der Waals surface area contributed by atoms with E-state index in [1.165, 1.54) is 5.56 Å². The number of hydrogen-bond donors (Lipinski definition) is 4. The predicted molar refractivity (Wildman–Crippen MR) is 89.1 cm³/mol. The first-order valence-corrected chi connectivity index (χ1v) is 7.74. The molecule has 1 atom stereocenters. The molecule has 0 bridgehead atoms. The number of amides is 4. The Hall–Kier alpha value is -2.74. The van der Waals surface area contributed by atoms with Crippen molar-refractivity contribution in [2.24, 2.45) is 5.10 Å². The Kier molecular flexibility index (Phi) is 6.02. The monoisotopic (exact) mass is 331 g/mol. The number of imide groups is 1. The van der Waals surface area contributed by atoms with Crippen molar-refractivity contribution in [3.8, 4) is 0 Å². The van der Waals surface area contributed by atoms with E-state index in [-0.39, 0.29) is 18.7 Å². The van der Waals surface area contributed by atoms with Crippen molar-refractivity contribution in [1.82, 2.24) is 21.6 Å². The van der Waals surface area contributed by atoms with Crippen LogP contribution in [-0.2, 0) is 9.59 Å². The summed E-state index contributed by atoms with van der Waals surface area (Å²) in [6, 6.07) is 6.67. The van der Waals surface area contributed by atoms with E-state index >= 15 is 0 Å². The lowest BCUT2D eigenvalue weighted by atomic mass is 10.0. The van der Waals surface area contributed by atoms with Gasteiger partial charge in [-0.25, -0.2) is 15.6 Å². The van der Waals surface area contributed by atoms with Gasteiger partial charge in [0.15, 0.2) is 0 Å². The third-order valence-electron chi connectivity index (χ3n) is 3.58. The number of nitrogens with one attached hydrogen (secondary N) is 4. The largest absolute Gasteiger partial charge is 0.335 e. The second kappa shape index (κ2) is 8.21. The molecule has 0 aromatic heterocycles. The Morgan fingerprint density at radius 1 is 1.29 bits per heavy atom. The van der Waals surface area contributed by atoms with Gasteiger partial charge in [-0.15, -0.1) is 0 Å². The van der Waals surface area contributed by atoms with Crippen molar-refractivity contribution in [2.45, 2.75) is 38.6 Å². The van der Waals surface area contributed by atoms with Gasteiger partial charge in [0, 0.05) is 6.42 Å². The van der Waals surface area contributed by atoms with E-state index in [0.717, 1.165) is 5.56 Å². The van der Waals surface area contributed by atoms with Crippen LogP contribution in [0.4, 0.5) is 4.79 Å². The molecule has 4 amide bonds. The minimum Gasteiger partial charge on any atom is -0.276 e. The number of benzene rings is 1. The second-order valence-electron chi connectivity index (χ2n) is 5.79. The lowest BCUT2D eigenvalue weighted by Crippen LogP contribution is -2.62. The maximum atomic E-state index is 11.7. The molecule has 2 rings (SSSR count). The SMILES string of the molecule is CC(C)c1ccc(/C=N/NC(=O)CCC2NNC(=O)NC2=O)cc1. The Morgan fingerprint density at radius 2 is 2.00 bits per heavy atom. The van der Waals surface area contributed by atoms with Crippen LogP contribution in [-0.4, -0.2) is 30.1 Å². The summed E-state index contributed by atoms with van der Waals surface area (Å²) in [4.78, 5) is 34.1. The van der Waals surface area contributed by atoms with Crippen LogP contribution in [0.2, 0.25) is 0 Å². The average Bonchev–Trinajstić information content (AvgIpc) is 2.54. The molecule has 1 aliphatic rings. The van der Waals surface area contributed by atoms with Crippen LogP contribution in [0, 0.1) is 0 Å². The lowest BCUT2D eigenvalue weighted by Gasteiger charge is -2.22. The van der Waals surface area contributed by atoms with Crippen molar-refractivity contribution in [3.63, 3.8) is 0 Å². The molecule has 1 aliphatic heterocycles. The topological polar surface area (TPSA) is 112 Å². The quantitative estimate of drug-likeness (QED) is 0.455. The first-order chi connectivity index (χ1) is 11.5. The van der Waals surface area contributed by atoms with Gasteiger partial charge in [-0.05, 0) is 23.5 Å². The van der Waals surface area contributed by atoms with Crippen LogP contribution < -0.4 is 21.6 Å². The molecule has 4 N–H and O–H groups in total. The molecule has 1 unspecified atom stereocenters. The normalized spacial score (nSPS) is 17.7. The summed E-state index contributed by atoms with van der Waals surface area (Å²) in [6.45, 7) is 4.24. The van der Waals surface area contributed by atoms with Crippen LogP contribution in [0.3, 0.4) is 0 Å². The van der Waals surface area contributed by atoms with Gasteiger partial charge in [-0.1, -0.05) is 38.1 Å². The summed E-state index contributed by atoms with van der Waals surface area (Å²) in [5, 5.41) is 6.01. The molecule has 1 fully saturated rings. The first kappa shape index (κ1) is 17.6. The molecule has 8 heteroatoms. The second-order valence-corrected chi connectivity index (χ2v) is 5.79. The van der Waals surface area contributed by atoms with Crippen molar-refractivity contribution in [2.75, 3.05) is 0 Å². The van der Waals surface area contributed by atoms with Gasteiger partial charge < -0.3 is 0 Å². The van der Waals surface area contributed by atoms with E-state index in [1.54, 1.807) is 6.21 Å². The van der Waals surface area contributed by atoms with Gasteiger partial charge in [0.25, 0.3) is 0 Å². The molecule has 128 valence electrons. The highest BCUT2D eigenvalue weighted by atomic mass is 16.2. The smallest absolute Gasteiger partial charge is 0.276 e. The maximum Gasteiger partial charge on any atom is 0.335 e. The van der Waals surface area contributed by atoms with Gasteiger partial charge in [0.05, 0.1) is 6.21 Å². The van der Waals surface area contributed by atoms with E-state index in [1.807, 2.05) is 24.3 Å². The van der Waals surface area contributed by atoms with E-state index in [0.29, 0.717) is 5.92 Å². The summed E-state index contributed by atoms with van der Waals surface area (Å²) in [7, 11) is 0. The summed E-state index contributed by atoms with van der Waals surface area (Å²) < 4.78 is 0. The highest BCUT2D eigenvalue weighted by Gasteiger charge is 2.25. The van der Waals surface area contributed by atoms with Crippen molar-refractivity contribution in [3.05, 3.63) is 35.4 Å². The Morgan fingerprint density at radius 3 is 2.62 bits per heavy atom. The Balaban J connectivity index is 1.74. The predicted octanol–water partition coefficient (Wildman–Crippen LogP) is 0.753. The van der Waals surface area contributed by atoms with Crippen molar-refractivity contribution in [1.29, 1.82) is 0 Å². The van der Waals surface area contributed by atoms with Gasteiger partial charge in [-0.2, -0.15) is 5.10 Å². The average molecular weight is 331 g/mol. The van der Waals surface area contributed by atoms with E-state index in [9.17, 15) is 14.4 Å². The Bertz CT molecular complexity index is 640. The number of carbonyl (C=O) groups is 3. The van der Waals surface area contributed by atoms with Crippen LogP contribution in [0.15, 0.2) is 29.4 Å². The molecule has 1 aromatic rings. The number of urea groups is 1. The Labute approximate surface area is 140 Å². The zero-order valence-electron chi connectivity index (χ0n) is 13.6. The molecule has 0 saturated carbocycles. The summed E-state index contributed by atoms with van der Waals surface area (Å²) >= 11 is 0. The van der Waals surface area contributed by atoms with Crippen LogP contribution >= 0.6 is 0 Å². The van der Waals surface area contributed by atoms with E-state index in [4.69, 9.17) is 0 Å². The minimum atomic E-state index is -0.638. The number of hydrogen-bond acceptors (Lipinski definition) is 5. The molecular formula is C16H21N5O3. The fraction of sp³-hybridized carbons (Fsp3) is 0.375. The molecular weight excluding hydrogens is 310 g/mol. The summed E-state index contributed by atoms with van der Waals surface area (Å²) in [6.07, 6.45) is 1.91. The molecule has 8 nitrogen and oxygen atoms in total. The lowest BCUT2D eigenvalue weighted by molar-refractivity contribution is -0.124. The zero-order chi connectivity index (χ0) is 17.5. The third kappa shape index (κ3) is 5.17. The third-order valence-corrected chi connectivity index (χ3v) is 3.58. The number of hydrazine groups is 1. The summed E-state index contributed by atoms with van der Waals surface area (Å²) in [5.74, 6) is -0.303. The maximum absolute atomic E-state index is 11.7. The van der Waals surface area contributed by atoms with Crippen molar-refractivity contribution >= 4 is 24.1 Å². The van der Waals surface area contributed by atoms with E-state index in [2.05, 4.69) is 40.5 Å². The zero-order valence-corrected chi connectivity index (χ0v) is 13.6. The highest BCUT2D eigenvalue weighted by molar-refractivity contribution is 5.99. The number of rotatable bonds is 6. The van der Waals surface area contributed by atoms with Crippen LogP contribution in [0.1, 0.15) is 43.7 Å². The molecule has 1 aromatic carbocycles. The minimum absolute atomic E-state index is 0.102. The van der Waals surface area contributed by atoms with Crippen molar-refractivity contribution < 1.29 is 14.4 Å². The standard InChI is InChI=1S/C16H21N5O3/c1-10(2)12-5-3-11(4-6-12)9-17-20-14(22)8-7-13-15(23)18-16(24)21-19-13/h3-6,9-10,13,19H,7-8H2,1-2H3,(H,20,22)(H2,18,21,23,24)/b17-9+. The van der Waals surface area contributed by atoms with Gasteiger partial charge in [0.2, 0.25) is 11.8 Å². The first-order valence-electron chi connectivity index (χ1n) is 7.74.